The number of amides is 4. The molecule has 2 aliphatic carbocycles. The van der Waals surface area contributed by atoms with Gasteiger partial charge in [0, 0.05) is 39.9 Å². The lowest BCUT2D eigenvalue weighted by Gasteiger charge is -2.49. The van der Waals surface area contributed by atoms with E-state index >= 15 is 4.79 Å². The zero-order valence-electron chi connectivity index (χ0n) is 31.8. The summed E-state index contributed by atoms with van der Waals surface area (Å²) in [6.45, 7) is 9.10. The number of aromatic nitrogens is 2. The summed E-state index contributed by atoms with van der Waals surface area (Å²) in [6, 6.07) is 19.3. The van der Waals surface area contributed by atoms with Gasteiger partial charge < -0.3 is 5.11 Å². The molecule has 4 aliphatic rings. The fourth-order valence-corrected chi connectivity index (χ4v) is 11.4. The first-order valence-electron chi connectivity index (χ1n) is 19.0. The number of aryl methyl sites for hydroxylation is 2. The molecular weight excluding hydrogens is 760 g/mol. The highest BCUT2D eigenvalue weighted by atomic mass is 35.5. The summed E-state index contributed by atoms with van der Waals surface area (Å²) in [4.78, 5) is 74.1. The first-order chi connectivity index (χ1) is 27.3. The van der Waals surface area contributed by atoms with Gasteiger partial charge in [-0.2, -0.15) is 5.10 Å². The maximum absolute atomic E-state index is 15.2. The Morgan fingerprint density at radius 1 is 1.02 bits per heavy atom. The number of ketones is 1. The number of phenolic OH excluding ortho intramolecular Hbond substituents is 1. The van der Waals surface area contributed by atoms with E-state index in [0.717, 1.165) is 26.1 Å². The highest BCUT2D eigenvalue weighted by Gasteiger charge is 2.68. The van der Waals surface area contributed by atoms with Crippen LogP contribution in [-0.4, -0.2) is 44.3 Å². The summed E-state index contributed by atoms with van der Waals surface area (Å²) in [5.74, 6) is -5.09. The van der Waals surface area contributed by atoms with E-state index in [1.165, 1.54) is 16.7 Å². The second kappa shape index (κ2) is 13.2. The molecule has 0 radical (unpaired) electrons. The van der Waals surface area contributed by atoms with Gasteiger partial charge in [-0.3, -0.25) is 33.6 Å². The number of nitrogens with zero attached hydrogens (tertiary/aromatic N) is 4. The molecule has 2 saturated heterocycles. The molecule has 2 aromatic heterocycles. The average molecular weight is 799 g/mol. The molecule has 3 aromatic carbocycles. The topological polar surface area (TPSA) is 130 Å². The Hall–Kier alpha value is -5.65. The summed E-state index contributed by atoms with van der Waals surface area (Å²) >= 11 is 7.88. The Kier molecular flexibility index (Phi) is 8.56. The number of allylic oxidation sites excluding steroid dienone is 3. The highest BCUT2D eigenvalue weighted by molar-refractivity contribution is 7.22. The Morgan fingerprint density at radius 2 is 1.77 bits per heavy atom. The van der Waals surface area contributed by atoms with Crippen molar-refractivity contribution in [1.29, 1.82) is 0 Å². The zero-order valence-corrected chi connectivity index (χ0v) is 33.4. The second-order valence-corrected chi connectivity index (χ2v) is 17.3. The number of para-hydroxylation sites is 1. The predicted octanol–water partition coefficient (Wildman–Crippen LogP) is 8.34. The van der Waals surface area contributed by atoms with Crippen LogP contribution < -0.4 is 9.80 Å². The normalized spacial score (nSPS) is 25.5. The van der Waals surface area contributed by atoms with Crippen molar-refractivity contribution in [2.45, 2.75) is 46.0 Å². The van der Waals surface area contributed by atoms with Crippen molar-refractivity contribution in [2.24, 2.45) is 36.1 Å². The summed E-state index contributed by atoms with van der Waals surface area (Å²) in [5.41, 5.74) is 2.95. The molecule has 6 atom stereocenters. The summed E-state index contributed by atoms with van der Waals surface area (Å²) in [7, 11) is 1.71. The number of carbonyl (C=O) groups excluding carboxylic acids is 5. The molecule has 5 aromatic rings. The van der Waals surface area contributed by atoms with Crippen molar-refractivity contribution in [3.8, 4) is 16.3 Å². The third-order valence-electron chi connectivity index (χ3n) is 12.8. The fraction of sp³-hybridized carbons (Fsp3) is 0.289. The molecule has 3 fully saturated rings. The summed E-state index contributed by atoms with van der Waals surface area (Å²) in [6.07, 6.45) is 4.44. The lowest BCUT2D eigenvalue weighted by molar-refractivity contribution is -0.131. The van der Waals surface area contributed by atoms with Gasteiger partial charge in [0.25, 0.3) is 0 Å². The molecule has 6 unspecified atom stereocenters. The van der Waals surface area contributed by atoms with Crippen LogP contribution in [-0.2, 0) is 32.6 Å². The highest BCUT2D eigenvalue weighted by Crippen LogP contribution is 2.64. The van der Waals surface area contributed by atoms with Gasteiger partial charge in [-0.15, -0.1) is 17.9 Å². The van der Waals surface area contributed by atoms with Crippen molar-refractivity contribution in [2.75, 3.05) is 9.80 Å². The maximum Gasteiger partial charge on any atom is 0.242 e. The number of benzene rings is 3. The minimum atomic E-state index is -1.36. The van der Waals surface area contributed by atoms with E-state index in [2.05, 4.69) is 6.58 Å². The molecule has 4 amide bonds. The quantitative estimate of drug-likeness (QED) is 0.0996. The lowest BCUT2D eigenvalue weighted by atomic mass is 9.51. The molecule has 4 heterocycles. The van der Waals surface area contributed by atoms with Crippen LogP contribution in [0.2, 0.25) is 5.02 Å². The van der Waals surface area contributed by atoms with Crippen LogP contribution in [0.1, 0.15) is 59.7 Å². The molecule has 2 aliphatic heterocycles. The van der Waals surface area contributed by atoms with E-state index in [9.17, 15) is 24.3 Å². The molecule has 0 bridgehead atoms. The largest absolute Gasteiger partial charge is 0.507 e. The number of thiophene rings is 1. The van der Waals surface area contributed by atoms with E-state index < -0.39 is 46.8 Å². The van der Waals surface area contributed by atoms with Crippen molar-refractivity contribution in [3.63, 3.8) is 0 Å². The van der Waals surface area contributed by atoms with E-state index in [1.807, 2.05) is 37.3 Å². The minimum Gasteiger partial charge on any atom is -0.507 e. The van der Waals surface area contributed by atoms with Crippen molar-refractivity contribution in [1.82, 2.24) is 9.78 Å². The van der Waals surface area contributed by atoms with Gasteiger partial charge in [0.1, 0.15) is 17.3 Å². The number of rotatable bonds is 7. The molecule has 9 rings (SSSR count). The molecule has 1 saturated carbocycles. The lowest BCUT2D eigenvalue weighted by Crippen LogP contribution is -2.49. The molecule has 288 valence electrons. The van der Waals surface area contributed by atoms with E-state index in [4.69, 9.17) is 16.7 Å². The number of imide groups is 2. The number of hydrogen-bond acceptors (Lipinski definition) is 8. The third kappa shape index (κ3) is 5.28. The van der Waals surface area contributed by atoms with Crippen LogP contribution in [0, 0.1) is 36.0 Å². The second-order valence-electron chi connectivity index (χ2n) is 15.8. The predicted molar refractivity (Wildman–Crippen MR) is 219 cm³/mol. The van der Waals surface area contributed by atoms with Crippen LogP contribution in [0.25, 0.3) is 20.7 Å². The Morgan fingerprint density at radius 3 is 2.49 bits per heavy atom. The van der Waals surface area contributed by atoms with Gasteiger partial charge in [-0.1, -0.05) is 47.5 Å². The van der Waals surface area contributed by atoms with Crippen molar-refractivity contribution < 1.29 is 29.1 Å². The Labute approximate surface area is 338 Å². The molecule has 0 spiro atoms. The molecule has 57 heavy (non-hydrogen) atoms. The summed E-state index contributed by atoms with van der Waals surface area (Å²) in [5, 5.41) is 18.3. The monoisotopic (exact) mass is 798 g/mol. The number of hydrogen-bond donors (Lipinski definition) is 1. The molecule has 1 N–H and O–H groups in total. The first kappa shape index (κ1) is 37.0. The number of phenols is 1. The van der Waals surface area contributed by atoms with Crippen LogP contribution in [0.4, 0.5) is 11.5 Å². The first-order valence-corrected chi connectivity index (χ1v) is 20.2. The van der Waals surface area contributed by atoms with E-state index in [0.29, 0.717) is 45.3 Å². The molecular formula is C45H39ClN4O6S. The number of anilines is 2. The number of carbonyl (C=O) groups is 5. The standard InChI is InChI=1S/C45H39ClN4O6S/c1-6-8-25-9-7-10-30(39(25)52)38-28-16-17-29-37(43(55)49(41(29)53)27-14-11-24(12-15-27)23(3)51)32(28)20-33-42(54)50(44(56)45(33,38)4)36-21-34(47-48(36)5)40-22(2)31-19-26(46)13-18-35(31)57-40/h6-7,9-16,18-19,21,29,32-33,37-38,52H,1,8,17,20H2,2-5H3. The minimum absolute atomic E-state index is 0.00826. The Balaban J connectivity index is 1.16. The van der Waals surface area contributed by atoms with E-state index in [1.54, 1.807) is 78.5 Å². The smallest absolute Gasteiger partial charge is 0.242 e. The van der Waals surface area contributed by atoms with Gasteiger partial charge in [-0.05, 0) is 105 Å². The maximum atomic E-state index is 15.2. The number of fused-ring (bicyclic) bond motifs is 5. The number of halogens is 1. The van der Waals surface area contributed by atoms with Crippen LogP contribution in [0.5, 0.6) is 5.75 Å². The van der Waals surface area contributed by atoms with Gasteiger partial charge >= 0.3 is 0 Å². The Bertz CT molecular complexity index is 2660. The summed E-state index contributed by atoms with van der Waals surface area (Å²) < 4.78 is 2.59. The molecule has 12 heteroatoms. The van der Waals surface area contributed by atoms with E-state index in [-0.39, 0.29) is 36.2 Å². The van der Waals surface area contributed by atoms with Gasteiger partial charge in [0.05, 0.1) is 33.7 Å². The SMILES string of the molecule is C=CCc1cccc(C2C3=CCC4C(=O)N(c5ccc(C(C)=O)cc5)C(=O)C4C3CC3C(=O)N(c4cc(-c5sc6ccc(Cl)cc6c5C)nn4C)C(=O)C32C)c1O. The van der Waals surface area contributed by atoms with Gasteiger partial charge in [0.2, 0.25) is 23.6 Å². The van der Waals surface area contributed by atoms with Crippen LogP contribution in [0.3, 0.4) is 0 Å². The van der Waals surface area contributed by atoms with Crippen molar-refractivity contribution in [3.05, 3.63) is 118 Å². The van der Waals surface area contributed by atoms with Crippen LogP contribution >= 0.6 is 22.9 Å². The number of Topliss-reactive ketones (excluding diaryl/α,β-unsaturated/α-hetero) is 1. The molecule has 10 nitrogen and oxygen atoms in total. The van der Waals surface area contributed by atoms with Gasteiger partial charge in [0.15, 0.2) is 5.78 Å². The fourth-order valence-electron chi connectivity index (χ4n) is 10.1. The zero-order chi connectivity index (χ0) is 40.2. The van der Waals surface area contributed by atoms with Gasteiger partial charge in [-0.25, -0.2) is 4.90 Å². The average Bonchev–Trinajstić information content (AvgIpc) is 3.86. The third-order valence-corrected chi connectivity index (χ3v) is 14.4. The van der Waals surface area contributed by atoms with Crippen LogP contribution in [0.15, 0.2) is 91.0 Å². The van der Waals surface area contributed by atoms with Crippen molar-refractivity contribution >= 4 is 73.9 Å². The number of aromatic hydroxyl groups is 1.